The van der Waals surface area contributed by atoms with Crippen molar-refractivity contribution in [2.24, 2.45) is 0 Å². The molecule has 0 bridgehead atoms. The van der Waals surface area contributed by atoms with Crippen LogP contribution in [0, 0.1) is 10.1 Å². The van der Waals surface area contributed by atoms with Gasteiger partial charge in [0.2, 0.25) is 0 Å². The quantitative estimate of drug-likeness (QED) is 0.624. The molecule has 130 valence electrons. The number of nitrogens with zero attached hydrogens (tertiary/aromatic N) is 3. The van der Waals surface area contributed by atoms with Gasteiger partial charge in [0.05, 0.1) is 10.5 Å². The van der Waals surface area contributed by atoms with E-state index in [0.717, 1.165) is 12.8 Å². The zero-order valence-electron chi connectivity index (χ0n) is 13.4. The van der Waals surface area contributed by atoms with E-state index in [-0.39, 0.29) is 22.6 Å². The lowest BCUT2D eigenvalue weighted by molar-refractivity contribution is -0.384. The molecule has 1 amide bonds. The molecule has 1 saturated heterocycles. The molecule has 3 rings (SSSR count). The maximum Gasteiger partial charge on any atom is 0.293 e. The van der Waals surface area contributed by atoms with Gasteiger partial charge in [-0.15, -0.1) is 0 Å². The molecule has 0 radical (unpaired) electrons. The van der Waals surface area contributed by atoms with Crippen molar-refractivity contribution >= 4 is 33.2 Å². The molecule has 0 saturated carbocycles. The molecular formula is C17H17BrN4O3. The summed E-state index contributed by atoms with van der Waals surface area (Å²) in [5.41, 5.74) is 1.24. The number of hydrogen-bond acceptors (Lipinski definition) is 5. The van der Waals surface area contributed by atoms with E-state index in [4.69, 9.17) is 0 Å². The number of benzene rings is 1. The minimum absolute atomic E-state index is 0.0541. The van der Waals surface area contributed by atoms with E-state index in [2.05, 4.69) is 26.2 Å². The number of rotatable bonds is 4. The lowest BCUT2D eigenvalue weighted by atomic mass is 10.0. The molecule has 7 nitrogen and oxygen atoms in total. The van der Waals surface area contributed by atoms with Crippen molar-refractivity contribution in [2.45, 2.75) is 18.9 Å². The fraction of sp³-hybridized carbons (Fsp3) is 0.294. The van der Waals surface area contributed by atoms with Gasteiger partial charge in [-0.25, -0.2) is 0 Å². The second-order valence-corrected chi connectivity index (χ2v) is 6.78. The van der Waals surface area contributed by atoms with Crippen molar-refractivity contribution in [3.05, 3.63) is 62.9 Å². The zero-order chi connectivity index (χ0) is 17.8. The molecule has 2 heterocycles. The number of carbonyl (C=O) groups excluding carboxylic acids is 1. The van der Waals surface area contributed by atoms with E-state index in [9.17, 15) is 14.9 Å². The number of nitrogens with one attached hydrogen (secondary N) is 1. The molecule has 1 N–H and O–H groups in total. The van der Waals surface area contributed by atoms with Crippen molar-refractivity contribution in [1.82, 2.24) is 10.3 Å². The maximum atomic E-state index is 12.2. The number of hydrogen-bond donors (Lipinski definition) is 1. The number of piperidine rings is 1. The topological polar surface area (TPSA) is 88.4 Å². The molecule has 0 unspecified atom stereocenters. The van der Waals surface area contributed by atoms with Crippen LogP contribution in [0.3, 0.4) is 0 Å². The summed E-state index contributed by atoms with van der Waals surface area (Å²) >= 11 is 3.27. The first-order chi connectivity index (χ1) is 12.0. The molecule has 0 atom stereocenters. The van der Waals surface area contributed by atoms with Crippen molar-refractivity contribution in [1.29, 1.82) is 0 Å². The number of carbonyl (C=O) groups is 1. The van der Waals surface area contributed by atoms with Crippen molar-refractivity contribution < 1.29 is 9.72 Å². The molecule has 1 aliphatic rings. The Balaban J connectivity index is 1.63. The van der Waals surface area contributed by atoms with Gasteiger partial charge >= 0.3 is 0 Å². The summed E-state index contributed by atoms with van der Waals surface area (Å²) in [5, 5.41) is 14.3. The van der Waals surface area contributed by atoms with E-state index < -0.39 is 0 Å². The SMILES string of the molecule is O=C(NC1CCN(c2ccc(Br)cc2[N+](=O)[O-])CC1)c1cccnc1. The molecule has 25 heavy (non-hydrogen) atoms. The van der Waals surface area contributed by atoms with E-state index in [1.165, 1.54) is 12.3 Å². The highest BCUT2D eigenvalue weighted by Gasteiger charge is 2.26. The first-order valence-corrected chi connectivity index (χ1v) is 8.73. The number of nitro groups is 1. The molecule has 1 aromatic heterocycles. The van der Waals surface area contributed by atoms with E-state index in [0.29, 0.717) is 28.8 Å². The molecule has 0 spiro atoms. The van der Waals surface area contributed by atoms with Gasteiger partial charge in [0.1, 0.15) is 5.69 Å². The third kappa shape index (κ3) is 4.14. The molecule has 1 aromatic carbocycles. The molecule has 0 aliphatic carbocycles. The minimum Gasteiger partial charge on any atom is -0.366 e. The fourth-order valence-corrected chi connectivity index (χ4v) is 3.29. The largest absolute Gasteiger partial charge is 0.366 e. The van der Waals surface area contributed by atoms with Crippen LogP contribution in [-0.2, 0) is 0 Å². The average Bonchev–Trinajstić information content (AvgIpc) is 2.63. The lowest BCUT2D eigenvalue weighted by Gasteiger charge is -2.33. The molecule has 1 aliphatic heterocycles. The van der Waals surface area contributed by atoms with Gasteiger partial charge in [-0.3, -0.25) is 19.9 Å². The van der Waals surface area contributed by atoms with Crippen LogP contribution in [0.2, 0.25) is 0 Å². The summed E-state index contributed by atoms with van der Waals surface area (Å²) in [4.78, 5) is 29.0. The number of pyridine rings is 1. The van der Waals surface area contributed by atoms with E-state index >= 15 is 0 Å². The van der Waals surface area contributed by atoms with Gasteiger partial charge in [0.25, 0.3) is 11.6 Å². The van der Waals surface area contributed by atoms with Crippen LogP contribution < -0.4 is 10.2 Å². The van der Waals surface area contributed by atoms with Crippen molar-refractivity contribution in [3.8, 4) is 0 Å². The van der Waals surface area contributed by atoms with Crippen LogP contribution >= 0.6 is 15.9 Å². The third-order valence-corrected chi connectivity index (χ3v) is 4.72. The van der Waals surface area contributed by atoms with Gasteiger partial charge in [-0.2, -0.15) is 0 Å². The minimum atomic E-state index is -0.365. The van der Waals surface area contributed by atoms with Crippen LogP contribution in [0.4, 0.5) is 11.4 Å². The Hall–Kier alpha value is -2.48. The smallest absolute Gasteiger partial charge is 0.293 e. The molecular weight excluding hydrogens is 388 g/mol. The Morgan fingerprint density at radius 2 is 2.08 bits per heavy atom. The van der Waals surface area contributed by atoms with Gasteiger partial charge < -0.3 is 10.2 Å². The average molecular weight is 405 g/mol. The van der Waals surface area contributed by atoms with E-state index in [1.54, 1.807) is 30.5 Å². The first kappa shape index (κ1) is 17.3. The van der Waals surface area contributed by atoms with Gasteiger partial charge in [0.15, 0.2) is 0 Å². The Morgan fingerprint density at radius 3 is 2.72 bits per heavy atom. The summed E-state index contributed by atoms with van der Waals surface area (Å²) in [6.45, 7) is 1.31. The van der Waals surface area contributed by atoms with Gasteiger partial charge in [0, 0.05) is 42.1 Å². The first-order valence-electron chi connectivity index (χ1n) is 7.94. The molecule has 8 heteroatoms. The highest BCUT2D eigenvalue weighted by molar-refractivity contribution is 9.10. The molecule has 1 fully saturated rings. The summed E-state index contributed by atoms with van der Waals surface area (Å²) in [6.07, 6.45) is 4.63. The van der Waals surface area contributed by atoms with Crippen molar-refractivity contribution in [2.75, 3.05) is 18.0 Å². The number of amides is 1. The second kappa shape index (κ2) is 7.60. The number of nitro benzene ring substituents is 1. The standard InChI is InChI=1S/C17H17BrN4O3/c18-13-3-4-15(16(10-13)22(24)25)21-8-5-14(6-9-21)20-17(23)12-2-1-7-19-11-12/h1-4,7,10-11,14H,5-6,8-9H2,(H,20,23). The molecule has 2 aromatic rings. The normalized spacial score (nSPS) is 15.0. The summed E-state index contributed by atoms with van der Waals surface area (Å²) in [7, 11) is 0. The van der Waals surface area contributed by atoms with Crippen LogP contribution in [-0.4, -0.2) is 34.9 Å². The van der Waals surface area contributed by atoms with Crippen LogP contribution in [0.25, 0.3) is 0 Å². The van der Waals surface area contributed by atoms with Gasteiger partial charge in [-0.1, -0.05) is 15.9 Å². The van der Waals surface area contributed by atoms with Crippen LogP contribution in [0.5, 0.6) is 0 Å². The van der Waals surface area contributed by atoms with Crippen molar-refractivity contribution in [3.63, 3.8) is 0 Å². The van der Waals surface area contributed by atoms with E-state index in [1.807, 2.05) is 4.90 Å². The maximum absolute atomic E-state index is 12.2. The predicted octanol–water partition coefficient (Wildman–Crippen LogP) is 3.15. The fourth-order valence-electron chi connectivity index (χ4n) is 2.94. The number of anilines is 1. The van der Waals surface area contributed by atoms with Gasteiger partial charge in [-0.05, 0) is 37.1 Å². The van der Waals surface area contributed by atoms with Crippen LogP contribution in [0.1, 0.15) is 23.2 Å². The number of halogens is 1. The summed E-state index contributed by atoms with van der Waals surface area (Å²) in [5.74, 6) is -0.138. The highest BCUT2D eigenvalue weighted by atomic mass is 79.9. The summed E-state index contributed by atoms with van der Waals surface area (Å²) < 4.78 is 0.682. The zero-order valence-corrected chi connectivity index (χ0v) is 15.0. The monoisotopic (exact) mass is 404 g/mol. The predicted molar refractivity (Wildman–Crippen MR) is 97.7 cm³/mol. The summed E-state index contributed by atoms with van der Waals surface area (Å²) in [6, 6.07) is 8.59. The number of aromatic nitrogens is 1. The highest BCUT2D eigenvalue weighted by Crippen LogP contribution is 2.32. The Kier molecular flexibility index (Phi) is 5.28. The van der Waals surface area contributed by atoms with Crippen LogP contribution in [0.15, 0.2) is 47.2 Å². The Bertz CT molecular complexity index is 777. The Morgan fingerprint density at radius 1 is 1.32 bits per heavy atom. The third-order valence-electron chi connectivity index (χ3n) is 4.23. The lowest BCUT2D eigenvalue weighted by Crippen LogP contribution is -2.44. The Labute approximate surface area is 153 Å². The second-order valence-electron chi connectivity index (χ2n) is 5.87.